The van der Waals surface area contributed by atoms with Gasteiger partial charge < -0.3 is 5.11 Å². The quantitative estimate of drug-likeness (QED) is 0.822. The van der Waals surface area contributed by atoms with Gasteiger partial charge in [-0.05, 0) is 12.1 Å². The molecule has 78 valence electrons. The third-order valence-corrected chi connectivity index (χ3v) is 1.02. The van der Waals surface area contributed by atoms with Crippen molar-refractivity contribution in [1.29, 1.82) is 0 Å². The van der Waals surface area contributed by atoms with Crippen LogP contribution in [-0.2, 0) is 15.5 Å². The van der Waals surface area contributed by atoms with Gasteiger partial charge in [-0.2, -0.15) is 0 Å². The summed E-state index contributed by atoms with van der Waals surface area (Å²) < 4.78 is 0. The molecule has 0 aromatic heterocycles. The first kappa shape index (κ1) is 14.7. The number of hydrogen-bond acceptors (Lipinski definition) is 1. The Bertz CT molecular complexity index is 279. The maximum absolute atomic E-state index is 10.2. The summed E-state index contributed by atoms with van der Waals surface area (Å²) in [4.78, 5) is 10.2. The van der Waals surface area contributed by atoms with Crippen LogP contribution in [0, 0.1) is 0 Å². The van der Waals surface area contributed by atoms with Crippen LogP contribution in [0.5, 0.6) is 0 Å². The van der Waals surface area contributed by atoms with Crippen LogP contribution >= 0.6 is 34.1 Å². The van der Waals surface area contributed by atoms with Crippen LogP contribution in [0.15, 0.2) is 30.3 Å². The third kappa shape index (κ3) is 10.8. The van der Waals surface area contributed by atoms with E-state index in [0.29, 0.717) is 5.56 Å². The molecular weight excluding hydrogens is 349 g/mol. The summed E-state index contributed by atoms with van der Waals surface area (Å²) in [7, 11) is 20.1. The van der Waals surface area contributed by atoms with E-state index in [2.05, 4.69) is 0 Å². The van der Waals surface area contributed by atoms with Crippen molar-refractivity contribution in [2.45, 2.75) is 0 Å². The molecule has 0 aliphatic rings. The molecule has 1 aromatic rings. The fourth-order valence-corrected chi connectivity index (χ4v) is 0.581. The zero-order valence-electron chi connectivity index (χ0n) is 6.75. The van der Waals surface area contributed by atoms with Crippen LogP contribution in [0.2, 0.25) is 0 Å². The van der Waals surface area contributed by atoms with Crippen LogP contribution in [0.3, 0.4) is 0 Å². The Labute approximate surface area is 100 Å². The second-order valence-electron chi connectivity index (χ2n) is 2.10. The van der Waals surface area contributed by atoms with Gasteiger partial charge in [-0.1, -0.05) is 18.2 Å². The Morgan fingerprint density at radius 2 is 1.43 bits per heavy atom. The predicted octanol–water partition coefficient (Wildman–Crippen LogP) is 4.14. The molecule has 0 unspecified atom stereocenters. The second-order valence-corrected chi connectivity index (χ2v) is 24.5. The van der Waals surface area contributed by atoms with Gasteiger partial charge >= 0.3 is 55.5 Å². The molecule has 14 heavy (non-hydrogen) atoms. The van der Waals surface area contributed by atoms with Crippen molar-refractivity contribution in [3.8, 4) is 0 Å². The van der Waals surface area contributed by atoms with Crippen LogP contribution in [-0.4, -0.2) is 11.1 Å². The fraction of sp³-hybridized carbons (Fsp3) is 0. The average molecular weight is 355 g/mol. The Balaban J connectivity index is 0.000000292. The van der Waals surface area contributed by atoms with Crippen molar-refractivity contribution in [3.63, 3.8) is 0 Å². The molecule has 0 radical (unpaired) electrons. The molecule has 0 amide bonds. The number of carboxylic acids is 1. The van der Waals surface area contributed by atoms with E-state index in [0.717, 1.165) is 0 Å². The summed E-state index contributed by atoms with van der Waals surface area (Å²) >= 11 is -3.29. The van der Waals surface area contributed by atoms with Crippen LogP contribution in [0.1, 0.15) is 10.4 Å². The molecule has 0 saturated carbocycles. The summed E-state index contributed by atoms with van der Waals surface area (Å²) in [6.45, 7) is 0. The molecule has 1 N–H and O–H groups in total. The minimum absolute atomic E-state index is 0.331. The molecule has 0 heterocycles. The number of rotatable bonds is 1. The van der Waals surface area contributed by atoms with Gasteiger partial charge in [0.05, 0.1) is 5.56 Å². The van der Waals surface area contributed by atoms with E-state index in [4.69, 9.17) is 39.2 Å². The normalized spacial score (nSPS) is 10.0. The summed E-state index contributed by atoms with van der Waals surface area (Å²) in [6.07, 6.45) is 0. The Morgan fingerprint density at radius 3 is 1.64 bits per heavy atom. The van der Waals surface area contributed by atoms with Crippen molar-refractivity contribution in [1.82, 2.24) is 0 Å². The molecule has 2 nitrogen and oxygen atoms in total. The van der Waals surface area contributed by atoms with Gasteiger partial charge in [0.1, 0.15) is 0 Å². The van der Waals surface area contributed by atoms with Crippen LogP contribution < -0.4 is 0 Å². The molecule has 0 bridgehead atoms. The van der Waals surface area contributed by atoms with Gasteiger partial charge in [0.15, 0.2) is 0 Å². The predicted molar refractivity (Wildman–Crippen MR) is 56.8 cm³/mol. The number of carboxylic acid groups (broad SMARTS) is 1. The number of benzene rings is 1. The van der Waals surface area contributed by atoms with E-state index in [1.54, 1.807) is 30.3 Å². The minimum atomic E-state index is -3.29. The molecule has 0 spiro atoms. The fourth-order valence-electron chi connectivity index (χ4n) is 0.581. The molecule has 1 aromatic carbocycles. The van der Waals surface area contributed by atoms with Gasteiger partial charge in [0, 0.05) is 0 Å². The van der Waals surface area contributed by atoms with E-state index in [1.807, 2.05) is 0 Å². The topological polar surface area (TPSA) is 37.3 Å². The zero-order valence-corrected chi connectivity index (χ0v) is 12.2. The summed E-state index contributed by atoms with van der Waals surface area (Å²) in [5.74, 6) is -0.879. The van der Waals surface area contributed by atoms with Gasteiger partial charge in [-0.15, -0.1) is 0 Å². The Morgan fingerprint density at radius 1 is 1.07 bits per heavy atom. The first-order chi connectivity index (χ1) is 6.30. The number of halogens is 4. The van der Waals surface area contributed by atoms with E-state index in [1.165, 1.54) is 0 Å². The summed E-state index contributed by atoms with van der Waals surface area (Å²) in [5.41, 5.74) is 0.331. The Hall–Kier alpha value is 0.733. The second kappa shape index (κ2) is 7.08. The molecular formula is C7H6Cl4O2Zr. The van der Waals surface area contributed by atoms with E-state index < -0.39 is 21.5 Å². The van der Waals surface area contributed by atoms with Crippen LogP contribution in [0.4, 0.5) is 0 Å². The first-order valence-electron chi connectivity index (χ1n) is 3.34. The number of carbonyl (C=O) groups is 1. The van der Waals surface area contributed by atoms with Crippen molar-refractivity contribution in [3.05, 3.63) is 35.9 Å². The van der Waals surface area contributed by atoms with Crippen LogP contribution in [0.25, 0.3) is 0 Å². The SMILES string of the molecule is O=C(O)c1ccccc1.[Cl][Zr]([Cl])([Cl])[Cl]. The summed E-state index contributed by atoms with van der Waals surface area (Å²) in [5, 5.41) is 8.38. The maximum atomic E-state index is 10.2. The number of hydrogen-bond donors (Lipinski definition) is 1. The molecule has 0 aliphatic carbocycles. The molecule has 0 aliphatic heterocycles. The standard InChI is InChI=1S/C7H6O2.4ClH.Zr/c8-7(9)6-4-2-1-3-5-6;;;;;/h1-5H,(H,8,9);4*1H;/q;;;;;+4/p-4. The molecule has 1 rings (SSSR count). The van der Waals surface area contributed by atoms with Gasteiger partial charge in [-0.3, -0.25) is 0 Å². The molecule has 0 saturated heterocycles. The molecule has 0 atom stereocenters. The van der Waals surface area contributed by atoms with Crippen molar-refractivity contribution < 1.29 is 25.4 Å². The van der Waals surface area contributed by atoms with Gasteiger partial charge in [-0.25, -0.2) is 4.79 Å². The summed E-state index contributed by atoms with van der Waals surface area (Å²) in [6, 6.07) is 8.30. The van der Waals surface area contributed by atoms with Crippen molar-refractivity contribution in [2.75, 3.05) is 0 Å². The van der Waals surface area contributed by atoms with Crippen molar-refractivity contribution in [2.24, 2.45) is 0 Å². The van der Waals surface area contributed by atoms with E-state index >= 15 is 0 Å². The molecule has 7 heteroatoms. The van der Waals surface area contributed by atoms with E-state index in [-0.39, 0.29) is 0 Å². The van der Waals surface area contributed by atoms with E-state index in [9.17, 15) is 4.79 Å². The molecule has 0 fully saturated rings. The van der Waals surface area contributed by atoms with Gasteiger partial charge in [0.25, 0.3) is 0 Å². The van der Waals surface area contributed by atoms with Crippen molar-refractivity contribution >= 4 is 40.0 Å². The average Bonchev–Trinajstić information content (AvgIpc) is 2.03. The monoisotopic (exact) mass is 352 g/mol. The van der Waals surface area contributed by atoms with Gasteiger partial charge in [0.2, 0.25) is 0 Å². The Kier molecular flexibility index (Phi) is 7.45. The number of aromatic carboxylic acids is 1. The zero-order chi connectivity index (χ0) is 11.2. The third-order valence-electron chi connectivity index (χ3n) is 1.02. The first-order valence-corrected chi connectivity index (χ1v) is 16.0.